The zero-order chi connectivity index (χ0) is 14.3. The fourth-order valence-electron chi connectivity index (χ4n) is 1.16. The lowest BCUT2D eigenvalue weighted by Crippen LogP contribution is -2.28. The van der Waals surface area contributed by atoms with Crippen molar-refractivity contribution in [2.45, 2.75) is 13.0 Å². The summed E-state index contributed by atoms with van der Waals surface area (Å²) in [5, 5.41) is 10.3. The molecular formula is C12H11F2NO4. The van der Waals surface area contributed by atoms with Gasteiger partial charge in [-0.2, -0.15) is 0 Å². The number of benzene rings is 1. The molecule has 7 heteroatoms. The van der Waals surface area contributed by atoms with E-state index in [4.69, 9.17) is 9.84 Å². The van der Waals surface area contributed by atoms with E-state index >= 15 is 0 Å². The van der Waals surface area contributed by atoms with Crippen LogP contribution in [0.1, 0.15) is 5.56 Å². The summed E-state index contributed by atoms with van der Waals surface area (Å²) in [4.78, 5) is 21.8. The number of alkyl carbamates (subject to hydrolysis) is 1. The van der Waals surface area contributed by atoms with Crippen molar-refractivity contribution in [3.63, 3.8) is 0 Å². The standard InChI is InChI=1S/C12H11F2NO4/c13-10(14)6-9(11(16)17)15-12(18)19-7-8-4-2-1-3-5-8/h1-6,10H,7H2,(H,15,18)(H,16,17)/b9-6+. The van der Waals surface area contributed by atoms with Crippen LogP contribution in [0.5, 0.6) is 0 Å². The van der Waals surface area contributed by atoms with Crippen LogP contribution in [0.15, 0.2) is 42.1 Å². The maximum absolute atomic E-state index is 12.0. The first-order valence-corrected chi connectivity index (χ1v) is 5.20. The van der Waals surface area contributed by atoms with Crippen molar-refractivity contribution < 1.29 is 28.2 Å². The predicted octanol–water partition coefficient (Wildman–Crippen LogP) is 2.15. The lowest BCUT2D eigenvalue weighted by atomic mass is 10.2. The molecule has 0 unspecified atom stereocenters. The zero-order valence-corrected chi connectivity index (χ0v) is 9.68. The van der Waals surface area contributed by atoms with E-state index in [0.717, 1.165) is 0 Å². The van der Waals surface area contributed by atoms with Gasteiger partial charge in [0.25, 0.3) is 6.43 Å². The number of hydrogen-bond acceptors (Lipinski definition) is 3. The molecule has 0 aromatic heterocycles. The van der Waals surface area contributed by atoms with E-state index in [-0.39, 0.29) is 12.7 Å². The molecule has 0 atom stereocenters. The number of amides is 1. The number of halogens is 2. The first-order valence-electron chi connectivity index (χ1n) is 5.20. The number of hydrogen-bond donors (Lipinski definition) is 2. The van der Waals surface area contributed by atoms with Crippen LogP contribution in [0.2, 0.25) is 0 Å². The third kappa shape index (κ3) is 5.62. The highest BCUT2D eigenvalue weighted by Gasteiger charge is 2.14. The van der Waals surface area contributed by atoms with Crippen LogP contribution in [0.4, 0.5) is 13.6 Å². The molecule has 1 aromatic carbocycles. The lowest BCUT2D eigenvalue weighted by Gasteiger charge is -2.07. The molecule has 0 spiro atoms. The van der Waals surface area contributed by atoms with E-state index < -0.39 is 24.2 Å². The molecule has 0 aliphatic heterocycles. The van der Waals surface area contributed by atoms with Crippen LogP contribution in [0.3, 0.4) is 0 Å². The first-order chi connectivity index (χ1) is 8.99. The number of allylic oxidation sites excluding steroid dienone is 1. The largest absolute Gasteiger partial charge is 0.477 e. The number of aliphatic carboxylic acids is 1. The van der Waals surface area contributed by atoms with Gasteiger partial charge in [-0.3, -0.25) is 5.32 Å². The number of carboxylic acids is 1. The second-order valence-corrected chi connectivity index (χ2v) is 3.41. The molecule has 0 heterocycles. The Bertz CT molecular complexity index is 474. The highest BCUT2D eigenvalue weighted by Crippen LogP contribution is 2.03. The summed E-state index contributed by atoms with van der Waals surface area (Å²) in [7, 11) is 0. The summed E-state index contributed by atoms with van der Waals surface area (Å²) in [6, 6.07) is 8.63. The summed E-state index contributed by atoms with van der Waals surface area (Å²) in [6.45, 7) is -0.0890. The zero-order valence-electron chi connectivity index (χ0n) is 9.68. The molecule has 1 amide bonds. The third-order valence-corrected chi connectivity index (χ3v) is 1.97. The maximum Gasteiger partial charge on any atom is 0.412 e. The number of ether oxygens (including phenoxy) is 1. The van der Waals surface area contributed by atoms with E-state index in [1.54, 1.807) is 35.6 Å². The van der Waals surface area contributed by atoms with Gasteiger partial charge in [0.1, 0.15) is 12.3 Å². The van der Waals surface area contributed by atoms with Gasteiger partial charge in [-0.1, -0.05) is 30.3 Å². The summed E-state index contributed by atoms with van der Waals surface area (Å²) in [6.07, 6.45) is -3.98. The molecule has 102 valence electrons. The maximum atomic E-state index is 12.0. The molecule has 1 aromatic rings. The Morgan fingerprint density at radius 3 is 2.47 bits per heavy atom. The molecule has 2 N–H and O–H groups in total. The number of carbonyl (C=O) groups excluding carboxylic acids is 1. The van der Waals surface area contributed by atoms with Crippen LogP contribution in [-0.4, -0.2) is 23.6 Å². The minimum absolute atomic E-state index is 0.0890. The average Bonchev–Trinajstić information content (AvgIpc) is 2.36. The Labute approximate surface area is 107 Å². The van der Waals surface area contributed by atoms with E-state index in [0.29, 0.717) is 5.56 Å². The summed E-state index contributed by atoms with van der Waals surface area (Å²) < 4.78 is 28.7. The Balaban J connectivity index is 2.52. The van der Waals surface area contributed by atoms with Gasteiger partial charge in [-0.25, -0.2) is 18.4 Å². The van der Waals surface area contributed by atoms with Crippen LogP contribution >= 0.6 is 0 Å². The van der Waals surface area contributed by atoms with Crippen molar-refractivity contribution in [1.82, 2.24) is 5.32 Å². The second kappa shape index (κ2) is 7.10. The Hall–Kier alpha value is -2.44. The van der Waals surface area contributed by atoms with Gasteiger partial charge in [0, 0.05) is 6.08 Å². The van der Waals surface area contributed by atoms with Gasteiger partial charge < -0.3 is 9.84 Å². The predicted molar refractivity (Wildman–Crippen MR) is 61.5 cm³/mol. The molecule has 0 saturated heterocycles. The molecule has 0 aliphatic rings. The quantitative estimate of drug-likeness (QED) is 0.804. The molecule has 0 radical (unpaired) electrons. The molecular weight excluding hydrogens is 260 g/mol. The minimum atomic E-state index is -2.99. The van der Waals surface area contributed by atoms with Gasteiger partial charge >= 0.3 is 12.1 Å². The van der Waals surface area contributed by atoms with Crippen LogP contribution in [-0.2, 0) is 16.1 Å². The normalized spacial score (nSPS) is 11.2. The van der Waals surface area contributed by atoms with E-state index in [1.807, 2.05) is 0 Å². The Morgan fingerprint density at radius 2 is 1.95 bits per heavy atom. The lowest BCUT2D eigenvalue weighted by molar-refractivity contribution is -0.133. The van der Waals surface area contributed by atoms with Gasteiger partial charge in [-0.05, 0) is 5.56 Å². The van der Waals surface area contributed by atoms with E-state index in [9.17, 15) is 18.4 Å². The summed E-state index contributed by atoms with van der Waals surface area (Å²) in [5.41, 5.74) is -0.236. The van der Waals surface area contributed by atoms with Gasteiger partial charge in [0.2, 0.25) is 0 Å². The number of nitrogens with one attached hydrogen (secondary N) is 1. The SMILES string of the molecule is O=C(N/C(=C/C(F)F)C(=O)O)OCc1ccccc1. The van der Waals surface area contributed by atoms with Crippen molar-refractivity contribution in [3.8, 4) is 0 Å². The fraction of sp³-hybridized carbons (Fsp3) is 0.167. The third-order valence-electron chi connectivity index (χ3n) is 1.97. The monoisotopic (exact) mass is 271 g/mol. The van der Waals surface area contributed by atoms with Crippen molar-refractivity contribution in [3.05, 3.63) is 47.7 Å². The minimum Gasteiger partial charge on any atom is -0.477 e. The average molecular weight is 271 g/mol. The van der Waals surface area contributed by atoms with E-state index in [1.165, 1.54) is 0 Å². The number of rotatable bonds is 5. The second-order valence-electron chi connectivity index (χ2n) is 3.41. The molecule has 0 bridgehead atoms. The number of carbonyl (C=O) groups is 2. The van der Waals surface area contributed by atoms with Crippen molar-refractivity contribution in [2.24, 2.45) is 0 Å². The van der Waals surface area contributed by atoms with Gasteiger partial charge in [0.15, 0.2) is 0 Å². The van der Waals surface area contributed by atoms with Crippen LogP contribution < -0.4 is 5.32 Å². The summed E-state index contributed by atoms with van der Waals surface area (Å²) >= 11 is 0. The van der Waals surface area contributed by atoms with Crippen LogP contribution in [0.25, 0.3) is 0 Å². The molecule has 5 nitrogen and oxygen atoms in total. The van der Waals surface area contributed by atoms with Crippen LogP contribution in [0, 0.1) is 0 Å². The molecule has 0 fully saturated rings. The summed E-state index contributed by atoms with van der Waals surface area (Å²) in [5.74, 6) is -1.67. The molecule has 0 aliphatic carbocycles. The Morgan fingerprint density at radius 1 is 1.32 bits per heavy atom. The molecule has 19 heavy (non-hydrogen) atoms. The van der Waals surface area contributed by atoms with Gasteiger partial charge in [-0.15, -0.1) is 0 Å². The number of alkyl halides is 2. The fourth-order valence-corrected chi connectivity index (χ4v) is 1.16. The molecule has 0 saturated carbocycles. The Kier molecular flexibility index (Phi) is 5.46. The van der Waals surface area contributed by atoms with Crippen molar-refractivity contribution in [2.75, 3.05) is 0 Å². The highest BCUT2D eigenvalue weighted by molar-refractivity contribution is 5.90. The topological polar surface area (TPSA) is 75.6 Å². The van der Waals surface area contributed by atoms with E-state index in [2.05, 4.69) is 0 Å². The van der Waals surface area contributed by atoms with Crippen molar-refractivity contribution in [1.29, 1.82) is 0 Å². The van der Waals surface area contributed by atoms with Crippen molar-refractivity contribution >= 4 is 12.1 Å². The molecule has 1 rings (SSSR count). The first kappa shape index (κ1) is 14.6. The smallest absolute Gasteiger partial charge is 0.412 e. The number of carboxylic acid groups (broad SMARTS) is 1. The van der Waals surface area contributed by atoms with Gasteiger partial charge in [0.05, 0.1) is 0 Å². The highest BCUT2D eigenvalue weighted by atomic mass is 19.3.